The highest BCUT2D eigenvalue weighted by Crippen LogP contribution is 2.28. The second kappa shape index (κ2) is 6.16. The van der Waals surface area contributed by atoms with Crippen LogP contribution >= 0.6 is 11.6 Å². The fraction of sp³-hybridized carbons (Fsp3) is 0.267. The molecule has 0 N–H and O–H groups in total. The summed E-state index contributed by atoms with van der Waals surface area (Å²) in [7, 11) is 0. The molecule has 3 aromatic rings. The van der Waals surface area contributed by atoms with Crippen molar-refractivity contribution in [1.29, 1.82) is 0 Å². The van der Waals surface area contributed by atoms with Crippen molar-refractivity contribution in [2.45, 2.75) is 25.4 Å². The van der Waals surface area contributed by atoms with Gasteiger partial charge in [0.15, 0.2) is 5.65 Å². The maximum absolute atomic E-state index is 12.5. The third-order valence-corrected chi connectivity index (χ3v) is 3.62. The quantitative estimate of drug-likeness (QED) is 0.721. The summed E-state index contributed by atoms with van der Waals surface area (Å²) in [6, 6.07) is 4.22. The number of fused-ring (bicyclic) bond motifs is 1. The van der Waals surface area contributed by atoms with Gasteiger partial charge in [-0.25, -0.2) is 9.50 Å². The van der Waals surface area contributed by atoms with Gasteiger partial charge in [-0.15, -0.1) is 0 Å². The zero-order chi connectivity index (χ0) is 16.4. The van der Waals surface area contributed by atoms with E-state index >= 15 is 0 Å². The predicted octanol–water partition coefficient (Wildman–Crippen LogP) is 3.97. The molecule has 120 valence electrons. The van der Waals surface area contributed by atoms with Crippen molar-refractivity contribution in [2.75, 3.05) is 0 Å². The number of hydrogen-bond acceptors (Lipinski definition) is 3. The van der Waals surface area contributed by atoms with E-state index in [0.29, 0.717) is 23.7 Å². The Labute approximate surface area is 134 Å². The molecule has 0 aliphatic rings. The largest absolute Gasteiger partial charge is 0.417 e. The molecule has 0 atom stereocenters. The van der Waals surface area contributed by atoms with Gasteiger partial charge in [0.25, 0.3) is 0 Å². The molecule has 0 unspecified atom stereocenters. The first-order chi connectivity index (χ1) is 10.9. The lowest BCUT2D eigenvalue weighted by molar-refractivity contribution is -0.137. The van der Waals surface area contributed by atoms with E-state index in [9.17, 15) is 13.2 Å². The van der Waals surface area contributed by atoms with Gasteiger partial charge < -0.3 is 0 Å². The number of imidazole rings is 1. The molecule has 23 heavy (non-hydrogen) atoms. The molecule has 0 aliphatic carbocycles. The molecule has 0 spiro atoms. The first-order valence-corrected chi connectivity index (χ1v) is 7.32. The third-order valence-electron chi connectivity index (χ3n) is 3.44. The van der Waals surface area contributed by atoms with Crippen molar-refractivity contribution < 1.29 is 13.2 Å². The van der Waals surface area contributed by atoms with Gasteiger partial charge in [0.05, 0.1) is 5.56 Å². The molecule has 0 saturated carbocycles. The minimum atomic E-state index is -4.36. The minimum Gasteiger partial charge on any atom is -0.261 e. The van der Waals surface area contributed by atoms with Crippen LogP contribution in [0.15, 0.2) is 36.8 Å². The van der Waals surface area contributed by atoms with Crippen LogP contribution in [0.2, 0.25) is 5.15 Å². The van der Waals surface area contributed by atoms with E-state index in [1.807, 2.05) is 0 Å². The third kappa shape index (κ3) is 3.61. The van der Waals surface area contributed by atoms with Gasteiger partial charge in [-0.1, -0.05) is 11.6 Å². The number of alkyl halides is 3. The van der Waals surface area contributed by atoms with E-state index < -0.39 is 11.7 Å². The second-order valence-electron chi connectivity index (χ2n) is 5.08. The van der Waals surface area contributed by atoms with Crippen molar-refractivity contribution in [3.63, 3.8) is 0 Å². The van der Waals surface area contributed by atoms with Crippen LogP contribution < -0.4 is 0 Å². The van der Waals surface area contributed by atoms with Crippen molar-refractivity contribution >= 4 is 17.2 Å². The zero-order valence-corrected chi connectivity index (χ0v) is 12.6. The Kier molecular flexibility index (Phi) is 4.21. The summed E-state index contributed by atoms with van der Waals surface area (Å²) < 4.78 is 39.0. The maximum Gasteiger partial charge on any atom is 0.417 e. The molecule has 8 heteroatoms. The fourth-order valence-corrected chi connectivity index (χ4v) is 2.54. The molecule has 3 rings (SSSR count). The molecule has 0 saturated heterocycles. The number of rotatable bonds is 4. The highest BCUT2D eigenvalue weighted by atomic mass is 35.5. The number of pyridine rings is 1. The minimum absolute atomic E-state index is 0.373. The molecule has 0 aliphatic heterocycles. The molecule has 0 amide bonds. The van der Waals surface area contributed by atoms with Crippen LogP contribution in [0.4, 0.5) is 13.2 Å². The number of aryl methyl sites for hydroxylation is 2. The molecule has 0 bridgehead atoms. The molecular formula is C15H12ClF3N4. The Balaban J connectivity index is 1.66. The summed E-state index contributed by atoms with van der Waals surface area (Å²) >= 11 is 5.96. The first kappa shape index (κ1) is 15.7. The maximum atomic E-state index is 12.5. The van der Waals surface area contributed by atoms with Crippen LogP contribution in [0.3, 0.4) is 0 Å². The average molecular weight is 341 g/mol. The Morgan fingerprint density at radius 2 is 1.96 bits per heavy atom. The number of nitrogens with zero attached hydrogens (tertiary/aromatic N) is 4. The van der Waals surface area contributed by atoms with Crippen molar-refractivity contribution in [2.24, 2.45) is 0 Å². The molecule has 0 radical (unpaired) electrons. The van der Waals surface area contributed by atoms with Crippen LogP contribution in [0.25, 0.3) is 5.65 Å². The summed E-state index contributed by atoms with van der Waals surface area (Å²) in [6.07, 6.45) is 1.84. The summed E-state index contributed by atoms with van der Waals surface area (Å²) in [5, 5.41) is 4.47. The smallest absolute Gasteiger partial charge is 0.261 e. The van der Waals surface area contributed by atoms with Crippen LogP contribution in [0.1, 0.15) is 23.2 Å². The van der Waals surface area contributed by atoms with Crippen LogP contribution in [0, 0.1) is 0 Å². The monoisotopic (exact) mass is 340 g/mol. The van der Waals surface area contributed by atoms with E-state index in [0.717, 1.165) is 29.9 Å². The Hall–Kier alpha value is -2.15. The van der Waals surface area contributed by atoms with Gasteiger partial charge in [0.1, 0.15) is 5.15 Å². The fourth-order valence-electron chi connectivity index (χ4n) is 2.33. The van der Waals surface area contributed by atoms with Crippen LogP contribution in [0.5, 0.6) is 0 Å². The van der Waals surface area contributed by atoms with E-state index in [2.05, 4.69) is 15.1 Å². The molecule has 0 fully saturated rings. The molecule has 3 aromatic heterocycles. The number of hydrogen-bond donors (Lipinski definition) is 0. The molecular weight excluding hydrogens is 329 g/mol. The van der Waals surface area contributed by atoms with Crippen molar-refractivity contribution in [3.05, 3.63) is 58.8 Å². The average Bonchev–Trinajstić information content (AvgIpc) is 2.95. The van der Waals surface area contributed by atoms with E-state index in [-0.39, 0.29) is 0 Å². The standard InChI is InChI=1S/C15H12ClF3N4/c16-13-8-10(14-20-6-7-23(14)22-13)2-1-3-12-5-4-11(9-21-12)15(17,18)19/h4-9H,1-3H2. The summed E-state index contributed by atoms with van der Waals surface area (Å²) in [5.41, 5.74) is 1.57. The molecule has 3 heterocycles. The summed E-state index contributed by atoms with van der Waals surface area (Å²) in [5.74, 6) is 0. The molecule has 4 nitrogen and oxygen atoms in total. The van der Waals surface area contributed by atoms with E-state index in [4.69, 9.17) is 11.6 Å². The highest BCUT2D eigenvalue weighted by molar-refractivity contribution is 6.29. The number of halogens is 4. The van der Waals surface area contributed by atoms with Gasteiger partial charge in [0, 0.05) is 24.3 Å². The van der Waals surface area contributed by atoms with E-state index in [1.54, 1.807) is 23.0 Å². The Morgan fingerprint density at radius 3 is 2.65 bits per heavy atom. The Morgan fingerprint density at radius 1 is 1.13 bits per heavy atom. The van der Waals surface area contributed by atoms with Gasteiger partial charge in [-0.2, -0.15) is 18.3 Å². The second-order valence-corrected chi connectivity index (χ2v) is 5.46. The van der Waals surface area contributed by atoms with Gasteiger partial charge in [0.2, 0.25) is 0 Å². The van der Waals surface area contributed by atoms with Gasteiger partial charge >= 0.3 is 6.18 Å². The van der Waals surface area contributed by atoms with Crippen molar-refractivity contribution in [3.8, 4) is 0 Å². The lowest BCUT2D eigenvalue weighted by atomic mass is 10.1. The Bertz CT molecular complexity index is 812. The van der Waals surface area contributed by atoms with Crippen LogP contribution in [-0.2, 0) is 19.0 Å². The number of aromatic nitrogens is 4. The SMILES string of the molecule is FC(F)(F)c1ccc(CCCc2cc(Cl)nn3ccnc23)nc1. The summed E-state index contributed by atoms with van der Waals surface area (Å²) in [6.45, 7) is 0. The van der Waals surface area contributed by atoms with Crippen LogP contribution in [-0.4, -0.2) is 19.6 Å². The topological polar surface area (TPSA) is 43.1 Å². The van der Waals surface area contributed by atoms with Gasteiger partial charge in [-0.3, -0.25) is 4.98 Å². The predicted molar refractivity (Wildman–Crippen MR) is 79.3 cm³/mol. The highest BCUT2D eigenvalue weighted by Gasteiger charge is 2.30. The lowest BCUT2D eigenvalue weighted by Gasteiger charge is -2.07. The van der Waals surface area contributed by atoms with Gasteiger partial charge in [-0.05, 0) is 43.0 Å². The van der Waals surface area contributed by atoms with E-state index in [1.165, 1.54) is 6.07 Å². The zero-order valence-electron chi connectivity index (χ0n) is 11.9. The summed E-state index contributed by atoms with van der Waals surface area (Å²) in [4.78, 5) is 8.09. The van der Waals surface area contributed by atoms with Crippen molar-refractivity contribution in [1.82, 2.24) is 19.6 Å². The first-order valence-electron chi connectivity index (χ1n) is 6.94. The normalized spacial score (nSPS) is 12.0. The lowest BCUT2D eigenvalue weighted by Crippen LogP contribution is -2.06. The molecule has 0 aromatic carbocycles.